The van der Waals surface area contributed by atoms with Crippen molar-refractivity contribution in [1.29, 1.82) is 0 Å². The van der Waals surface area contributed by atoms with Gasteiger partial charge in [-0.2, -0.15) is 0 Å². The molecule has 0 aromatic heterocycles. The van der Waals surface area contributed by atoms with Gasteiger partial charge in [-0.25, -0.2) is 0 Å². The van der Waals surface area contributed by atoms with Crippen LogP contribution in [0.1, 0.15) is 47.3 Å². The van der Waals surface area contributed by atoms with Gasteiger partial charge in [-0.15, -0.1) is 0 Å². The monoisotopic (exact) mass is 408 g/mol. The van der Waals surface area contributed by atoms with Crippen LogP contribution in [-0.4, -0.2) is 44.0 Å². The summed E-state index contributed by atoms with van der Waals surface area (Å²) in [6, 6.07) is 12.9. The molecule has 0 spiro atoms. The van der Waals surface area contributed by atoms with Gasteiger partial charge in [0.05, 0.1) is 20.3 Å². The van der Waals surface area contributed by atoms with Gasteiger partial charge >= 0.3 is 0 Å². The van der Waals surface area contributed by atoms with Gasteiger partial charge in [-0.1, -0.05) is 42.5 Å². The van der Waals surface area contributed by atoms with Crippen molar-refractivity contribution in [3.8, 4) is 11.5 Å². The first-order valence-electron chi connectivity index (χ1n) is 10.1. The SMILES string of the molecule is CC=Cc1cc(C(=O)NC(CN2CCCC2=O)c2ccccc2)cc(OC)c1OC. The topological polar surface area (TPSA) is 67.9 Å². The molecule has 1 aliphatic heterocycles. The summed E-state index contributed by atoms with van der Waals surface area (Å²) < 4.78 is 10.9. The maximum Gasteiger partial charge on any atom is 0.251 e. The van der Waals surface area contributed by atoms with Crippen LogP contribution in [0.5, 0.6) is 11.5 Å². The maximum atomic E-state index is 13.2. The largest absolute Gasteiger partial charge is 0.493 e. The molecular weight excluding hydrogens is 380 g/mol. The van der Waals surface area contributed by atoms with Crippen molar-refractivity contribution in [2.24, 2.45) is 0 Å². The number of allylic oxidation sites excluding steroid dienone is 1. The lowest BCUT2D eigenvalue weighted by Crippen LogP contribution is -2.38. The summed E-state index contributed by atoms with van der Waals surface area (Å²) in [5.74, 6) is 0.965. The van der Waals surface area contributed by atoms with Crippen molar-refractivity contribution in [3.63, 3.8) is 0 Å². The fraction of sp³-hybridized carbons (Fsp3) is 0.333. The number of rotatable bonds is 8. The van der Waals surface area contributed by atoms with E-state index >= 15 is 0 Å². The maximum absolute atomic E-state index is 13.2. The van der Waals surface area contributed by atoms with Gasteiger partial charge in [0.1, 0.15) is 0 Å². The molecule has 2 aromatic carbocycles. The number of amides is 2. The van der Waals surface area contributed by atoms with Crippen LogP contribution in [0.15, 0.2) is 48.5 Å². The number of ether oxygens (including phenoxy) is 2. The zero-order valence-corrected chi connectivity index (χ0v) is 17.7. The Hall–Kier alpha value is -3.28. The van der Waals surface area contributed by atoms with Crippen LogP contribution < -0.4 is 14.8 Å². The molecule has 0 bridgehead atoms. The third-order valence-electron chi connectivity index (χ3n) is 5.20. The summed E-state index contributed by atoms with van der Waals surface area (Å²) >= 11 is 0. The quantitative estimate of drug-likeness (QED) is 0.721. The average Bonchev–Trinajstić information content (AvgIpc) is 3.17. The Morgan fingerprint density at radius 3 is 2.57 bits per heavy atom. The Morgan fingerprint density at radius 1 is 1.20 bits per heavy atom. The van der Waals surface area contributed by atoms with Crippen LogP contribution in [-0.2, 0) is 4.79 Å². The first-order valence-corrected chi connectivity index (χ1v) is 10.1. The van der Waals surface area contributed by atoms with Gasteiger partial charge in [0, 0.05) is 30.6 Å². The second-order valence-corrected chi connectivity index (χ2v) is 7.18. The predicted molar refractivity (Wildman–Crippen MR) is 117 cm³/mol. The van der Waals surface area contributed by atoms with E-state index in [9.17, 15) is 9.59 Å². The fourth-order valence-electron chi connectivity index (χ4n) is 3.71. The Labute approximate surface area is 177 Å². The highest BCUT2D eigenvalue weighted by Gasteiger charge is 2.26. The smallest absolute Gasteiger partial charge is 0.251 e. The van der Waals surface area contributed by atoms with E-state index in [-0.39, 0.29) is 17.9 Å². The number of carbonyl (C=O) groups is 2. The number of likely N-dealkylation sites (tertiary alicyclic amines) is 1. The summed E-state index contributed by atoms with van der Waals surface area (Å²) in [5, 5.41) is 3.10. The van der Waals surface area contributed by atoms with Crippen molar-refractivity contribution in [1.82, 2.24) is 10.2 Å². The second kappa shape index (κ2) is 9.96. The van der Waals surface area contributed by atoms with Gasteiger partial charge in [-0.05, 0) is 31.0 Å². The molecular formula is C24H28N2O4. The summed E-state index contributed by atoms with van der Waals surface area (Å²) in [5.41, 5.74) is 2.18. The molecule has 158 valence electrons. The number of hydrogen-bond donors (Lipinski definition) is 1. The normalized spacial score (nSPS) is 14.8. The molecule has 1 N–H and O–H groups in total. The predicted octanol–water partition coefficient (Wildman–Crippen LogP) is 3.83. The third-order valence-corrected chi connectivity index (χ3v) is 5.20. The van der Waals surface area contributed by atoms with Crippen molar-refractivity contribution in [2.75, 3.05) is 27.3 Å². The molecule has 6 heteroatoms. The van der Waals surface area contributed by atoms with Gasteiger partial charge < -0.3 is 19.7 Å². The molecule has 0 saturated carbocycles. The first kappa shape index (κ1) is 21.4. The highest BCUT2D eigenvalue weighted by Crippen LogP contribution is 2.34. The molecule has 1 heterocycles. The third kappa shape index (κ3) is 4.82. The number of nitrogens with zero attached hydrogens (tertiary/aromatic N) is 1. The van der Waals surface area contributed by atoms with Crippen LogP contribution in [0.2, 0.25) is 0 Å². The summed E-state index contributed by atoms with van der Waals surface area (Å²) in [6.07, 6.45) is 5.18. The molecule has 2 aromatic rings. The Morgan fingerprint density at radius 2 is 1.97 bits per heavy atom. The van der Waals surface area contributed by atoms with Gasteiger partial charge in [0.15, 0.2) is 11.5 Å². The first-order chi connectivity index (χ1) is 14.6. The van der Waals surface area contributed by atoms with E-state index in [1.54, 1.807) is 26.4 Å². The molecule has 1 aliphatic rings. The zero-order chi connectivity index (χ0) is 21.5. The lowest BCUT2D eigenvalue weighted by molar-refractivity contribution is -0.128. The standard InChI is InChI=1S/C24H28N2O4/c1-4-9-18-14-19(15-21(29-2)23(18)30-3)24(28)25-20(17-10-6-5-7-11-17)16-26-13-8-12-22(26)27/h4-7,9-11,14-15,20H,8,12-13,16H2,1-3H3,(H,25,28). The molecule has 2 amide bonds. The highest BCUT2D eigenvalue weighted by molar-refractivity contribution is 5.96. The van der Waals surface area contributed by atoms with E-state index in [1.165, 1.54) is 0 Å². The van der Waals surface area contributed by atoms with Crippen LogP contribution in [0.3, 0.4) is 0 Å². The van der Waals surface area contributed by atoms with Gasteiger partial charge in [-0.3, -0.25) is 9.59 Å². The van der Waals surface area contributed by atoms with Gasteiger partial charge in [0.2, 0.25) is 5.91 Å². The molecule has 3 rings (SSSR count). The lowest BCUT2D eigenvalue weighted by atomic mass is 10.0. The zero-order valence-electron chi connectivity index (χ0n) is 17.7. The lowest BCUT2D eigenvalue weighted by Gasteiger charge is -2.25. The molecule has 1 fully saturated rings. The van der Waals surface area contributed by atoms with Crippen LogP contribution in [0, 0.1) is 0 Å². The number of carbonyl (C=O) groups excluding carboxylic acids is 2. The molecule has 30 heavy (non-hydrogen) atoms. The van der Waals surface area contributed by atoms with Crippen LogP contribution in [0.4, 0.5) is 0 Å². The minimum absolute atomic E-state index is 0.131. The Bertz CT molecular complexity index is 924. The minimum atomic E-state index is -0.306. The molecule has 0 radical (unpaired) electrons. The highest BCUT2D eigenvalue weighted by atomic mass is 16.5. The average molecular weight is 408 g/mol. The van der Waals surface area contributed by atoms with Crippen molar-refractivity contribution in [3.05, 3.63) is 65.2 Å². The van der Waals surface area contributed by atoms with E-state index in [2.05, 4.69) is 5.32 Å². The van der Waals surface area contributed by atoms with Crippen molar-refractivity contribution < 1.29 is 19.1 Å². The van der Waals surface area contributed by atoms with Gasteiger partial charge in [0.25, 0.3) is 5.91 Å². The number of hydrogen-bond acceptors (Lipinski definition) is 4. The van der Waals surface area contributed by atoms with Crippen molar-refractivity contribution in [2.45, 2.75) is 25.8 Å². The number of nitrogens with one attached hydrogen (secondary N) is 1. The Balaban J connectivity index is 1.90. The van der Waals surface area contributed by atoms with Crippen molar-refractivity contribution >= 4 is 17.9 Å². The number of methoxy groups -OCH3 is 2. The minimum Gasteiger partial charge on any atom is -0.493 e. The van der Waals surface area contributed by atoms with E-state index in [4.69, 9.17) is 9.47 Å². The summed E-state index contributed by atoms with van der Waals surface area (Å²) in [4.78, 5) is 27.1. The molecule has 0 aliphatic carbocycles. The van der Waals surface area contributed by atoms with Crippen LogP contribution >= 0.6 is 0 Å². The molecule has 1 unspecified atom stereocenters. The summed E-state index contributed by atoms with van der Waals surface area (Å²) in [7, 11) is 3.12. The van der Waals surface area contributed by atoms with E-state index in [0.717, 1.165) is 24.1 Å². The Kier molecular flexibility index (Phi) is 7.12. The molecule has 1 saturated heterocycles. The second-order valence-electron chi connectivity index (χ2n) is 7.18. The number of benzene rings is 2. The van der Waals surface area contributed by atoms with E-state index in [0.29, 0.717) is 30.0 Å². The molecule has 6 nitrogen and oxygen atoms in total. The summed E-state index contributed by atoms with van der Waals surface area (Å²) in [6.45, 7) is 3.07. The van der Waals surface area contributed by atoms with E-state index < -0.39 is 0 Å². The van der Waals surface area contributed by atoms with Crippen LogP contribution in [0.25, 0.3) is 6.08 Å². The van der Waals surface area contributed by atoms with E-state index in [1.807, 2.05) is 54.3 Å². The molecule has 1 atom stereocenters. The fourth-order valence-corrected chi connectivity index (χ4v) is 3.71.